The van der Waals surface area contributed by atoms with Crippen molar-refractivity contribution in [2.75, 3.05) is 0 Å². The van der Waals surface area contributed by atoms with Crippen LogP contribution in [0.4, 0.5) is 0 Å². The molecule has 0 radical (unpaired) electrons. The Bertz CT molecular complexity index is 4510. The van der Waals surface area contributed by atoms with Gasteiger partial charge in [-0.25, -0.2) is 29.1 Å². The van der Waals surface area contributed by atoms with E-state index < -0.39 is 58.2 Å². The second-order valence-electron chi connectivity index (χ2n) is 22.0. The van der Waals surface area contributed by atoms with E-state index in [1.165, 1.54) is 24.3 Å². The van der Waals surface area contributed by atoms with Crippen LogP contribution >= 0.6 is 22.7 Å². The number of carbonyl (C=O) groups is 8. The number of esters is 4. The van der Waals surface area contributed by atoms with Crippen LogP contribution in [0.1, 0.15) is 85.1 Å². The Morgan fingerprint density at radius 2 is 0.620 bits per heavy atom. The molecule has 0 unspecified atom stereocenters. The number of aromatic nitrogens is 2. The summed E-state index contributed by atoms with van der Waals surface area (Å²) >= 11 is 1.77. The number of nitrogens with zero attached hydrogens (tertiary/aromatic N) is 2. The lowest BCUT2D eigenvalue weighted by molar-refractivity contribution is -0.185. The van der Waals surface area contributed by atoms with Crippen molar-refractivity contribution in [3.63, 3.8) is 0 Å². The van der Waals surface area contributed by atoms with Crippen LogP contribution in [0, 0.1) is 0 Å². The van der Waals surface area contributed by atoms with Crippen LogP contribution in [0.25, 0.3) is 54.6 Å². The number of hydrogen-bond donors (Lipinski definition) is 0. The van der Waals surface area contributed by atoms with Crippen LogP contribution in [0.2, 0.25) is 0 Å². The molecule has 0 spiro atoms. The van der Waals surface area contributed by atoms with Crippen molar-refractivity contribution in [1.82, 2.24) is 9.97 Å². The maximum absolute atomic E-state index is 15.5. The van der Waals surface area contributed by atoms with E-state index in [1.54, 1.807) is 146 Å². The molecular weight excluding hydrogens is 1200 g/mol. The standard InChI is InChI=1S/C74H44N2O14S2/c77-61-49-29-45-25-13-14-26-46(45)30-50(49)62(78)55(61)35-59-75-67-65(91-59)53-34-58-54(33-57(53)89-73(67,69(81)85-37-41-17-5-1-6-18-41)70(82)86-38-42-19-7-2-8-20-42)66-68(76-60(92-66)36-56-63(79)51-31-47-27-15-16-28-48(47)32-52(51)64(56)80)74(90-58,71(83)87-39-43-21-9-3-10-22-43)72(84)88-40-44-23-11-4-12-24-44/h1-36H,37-40H2. The van der Waals surface area contributed by atoms with Gasteiger partial charge in [0.2, 0.25) is 0 Å². The normalized spacial score (nSPS) is 14.4. The minimum atomic E-state index is -2.88. The molecule has 446 valence electrons. The zero-order chi connectivity index (χ0) is 62.8. The number of allylic oxidation sites excluding steroid dienone is 2. The molecule has 0 fully saturated rings. The van der Waals surface area contributed by atoms with Gasteiger partial charge in [0.15, 0.2) is 23.1 Å². The summed E-state index contributed by atoms with van der Waals surface area (Å²) in [6.07, 6.45) is 2.58. The molecule has 4 aliphatic rings. The Labute approximate surface area is 530 Å². The van der Waals surface area contributed by atoms with E-state index in [2.05, 4.69) is 0 Å². The molecule has 16 nitrogen and oxygen atoms in total. The van der Waals surface area contributed by atoms with Gasteiger partial charge in [-0.3, -0.25) is 19.2 Å². The third-order valence-corrected chi connectivity index (χ3v) is 18.4. The molecule has 2 aliphatic heterocycles. The molecule has 0 saturated carbocycles. The number of thiazole rings is 2. The molecule has 15 rings (SSSR count). The summed E-state index contributed by atoms with van der Waals surface area (Å²) < 4.78 is 37.9. The van der Waals surface area contributed by atoms with Gasteiger partial charge in [0.25, 0.3) is 0 Å². The fraction of sp³-hybridized carbons (Fsp3) is 0.0811. The molecule has 0 amide bonds. The molecule has 18 heteroatoms. The van der Waals surface area contributed by atoms with Gasteiger partial charge in [-0.2, -0.15) is 0 Å². The Morgan fingerprint density at radius 3 is 0.891 bits per heavy atom. The van der Waals surface area contributed by atoms with Crippen LogP contribution < -0.4 is 9.47 Å². The quantitative estimate of drug-likeness (QED) is 0.0325. The lowest BCUT2D eigenvalue weighted by atomic mass is 9.88. The third kappa shape index (κ3) is 9.67. The van der Waals surface area contributed by atoms with Gasteiger partial charge in [-0.05, 0) is 92.3 Å². The van der Waals surface area contributed by atoms with Crippen LogP contribution in [0.15, 0.2) is 217 Å². The van der Waals surface area contributed by atoms with Gasteiger partial charge in [0.1, 0.15) is 59.3 Å². The van der Waals surface area contributed by atoms with Crippen LogP contribution in [0.3, 0.4) is 0 Å². The summed E-state index contributed by atoms with van der Waals surface area (Å²) in [4.78, 5) is 129. The number of hydrogen-bond acceptors (Lipinski definition) is 18. The molecule has 4 heterocycles. The van der Waals surface area contributed by atoms with Gasteiger partial charge in [-0.1, -0.05) is 170 Å². The lowest BCUT2D eigenvalue weighted by Crippen LogP contribution is -2.53. The second kappa shape index (κ2) is 22.8. The van der Waals surface area contributed by atoms with E-state index in [0.717, 1.165) is 44.2 Å². The molecule has 2 aromatic heterocycles. The van der Waals surface area contributed by atoms with Crippen molar-refractivity contribution in [3.05, 3.63) is 283 Å². The highest BCUT2D eigenvalue weighted by Gasteiger charge is 2.63. The number of ketones is 4. The average molecular weight is 1250 g/mol. The zero-order valence-corrected chi connectivity index (χ0v) is 49.7. The minimum Gasteiger partial charge on any atom is -0.458 e. The Hall–Kier alpha value is -11.6. The van der Waals surface area contributed by atoms with Crippen molar-refractivity contribution in [2.45, 2.75) is 37.6 Å². The first-order valence-electron chi connectivity index (χ1n) is 29.0. The second-order valence-corrected chi connectivity index (χ2v) is 24.1. The van der Waals surface area contributed by atoms with E-state index in [9.17, 15) is 19.2 Å². The maximum Gasteiger partial charge on any atom is 0.369 e. The van der Waals surface area contributed by atoms with E-state index in [0.29, 0.717) is 22.3 Å². The number of ether oxygens (including phenoxy) is 6. The minimum absolute atomic E-state index is 0.0211. The van der Waals surface area contributed by atoms with Crippen molar-refractivity contribution in [2.24, 2.45) is 0 Å². The van der Waals surface area contributed by atoms with Crippen LogP contribution in [0.5, 0.6) is 11.5 Å². The predicted octanol–water partition coefficient (Wildman–Crippen LogP) is 13.3. The Kier molecular flexibility index (Phi) is 14.1. The van der Waals surface area contributed by atoms with Gasteiger partial charge >= 0.3 is 35.1 Å². The molecule has 11 aromatic rings. The number of fused-ring (bicyclic) bond motifs is 10. The molecular formula is C74H44N2O14S2. The molecule has 92 heavy (non-hydrogen) atoms. The number of benzene rings is 9. The topological polar surface area (TPSA) is 218 Å². The van der Waals surface area contributed by atoms with Gasteiger partial charge in [0, 0.05) is 33.4 Å². The first-order chi connectivity index (χ1) is 44.8. The molecule has 9 aromatic carbocycles. The maximum atomic E-state index is 15.5. The van der Waals surface area contributed by atoms with Crippen LogP contribution in [-0.4, -0.2) is 57.0 Å². The fourth-order valence-electron chi connectivity index (χ4n) is 11.7. The summed E-state index contributed by atoms with van der Waals surface area (Å²) in [5.74, 6) is -7.64. The highest BCUT2D eigenvalue weighted by molar-refractivity contribution is 7.16. The van der Waals surface area contributed by atoms with Crippen LogP contribution in [-0.2, 0) is 75.8 Å². The zero-order valence-electron chi connectivity index (χ0n) is 48.0. The number of rotatable bonds is 14. The fourth-order valence-corrected chi connectivity index (χ4v) is 13.9. The highest BCUT2D eigenvalue weighted by Crippen LogP contribution is 2.57. The smallest absolute Gasteiger partial charge is 0.369 e. The SMILES string of the molecule is O=C1C(=Cc2nc3c(s2)-c2cc4c(cc2OC3(C(=O)OCc2ccccc2)C(=O)OCc2ccccc2)-c2sc(C=C3C(=O)c5cc6ccccc6cc5C3=O)nc2C(C(=O)OCc2ccccc2)(C(=O)OCc2ccccc2)O4)C(=O)c2cc3ccccc3cc21. The van der Waals surface area contributed by atoms with E-state index in [1.807, 2.05) is 48.5 Å². The first kappa shape index (κ1) is 56.9. The summed E-state index contributed by atoms with van der Waals surface area (Å²) in [6.45, 7) is -1.37. The number of Topliss-reactive ketones (excluding diaryl/α,β-unsaturated/α-hetero) is 4. The summed E-state index contributed by atoms with van der Waals surface area (Å²) in [7, 11) is 0. The molecule has 0 N–H and O–H groups in total. The van der Waals surface area contributed by atoms with Crippen molar-refractivity contribution in [1.29, 1.82) is 0 Å². The summed E-state index contributed by atoms with van der Waals surface area (Å²) in [6, 6.07) is 58.9. The Morgan fingerprint density at radius 1 is 0.359 bits per heavy atom. The van der Waals surface area contributed by atoms with Crippen molar-refractivity contribution >= 4 is 103 Å². The van der Waals surface area contributed by atoms with Crippen molar-refractivity contribution < 1.29 is 66.8 Å². The molecule has 2 aliphatic carbocycles. The van der Waals surface area contributed by atoms with E-state index in [4.69, 9.17) is 38.4 Å². The molecule has 0 bridgehead atoms. The van der Waals surface area contributed by atoms with Gasteiger partial charge < -0.3 is 28.4 Å². The van der Waals surface area contributed by atoms with Gasteiger partial charge in [-0.15, -0.1) is 22.7 Å². The van der Waals surface area contributed by atoms with E-state index in [-0.39, 0.29) is 114 Å². The lowest BCUT2D eigenvalue weighted by Gasteiger charge is -2.36. The summed E-state index contributed by atoms with van der Waals surface area (Å²) in [5.41, 5.74) is -3.82. The predicted molar refractivity (Wildman–Crippen MR) is 339 cm³/mol. The largest absolute Gasteiger partial charge is 0.458 e. The average Bonchev–Trinajstić information content (AvgIpc) is 1.32. The first-order valence-corrected chi connectivity index (χ1v) is 30.6. The number of carbonyl (C=O) groups excluding carboxylic acids is 8. The van der Waals surface area contributed by atoms with Gasteiger partial charge in [0.05, 0.1) is 20.9 Å². The Balaban J connectivity index is 0.924. The third-order valence-electron chi connectivity index (χ3n) is 16.3. The monoisotopic (exact) mass is 1250 g/mol. The highest BCUT2D eigenvalue weighted by atomic mass is 32.1. The summed E-state index contributed by atoms with van der Waals surface area (Å²) in [5, 5.41) is 2.91. The van der Waals surface area contributed by atoms with E-state index >= 15 is 19.2 Å². The molecule has 0 saturated heterocycles. The van der Waals surface area contributed by atoms with Crippen molar-refractivity contribution in [3.8, 4) is 32.4 Å². The molecule has 0 atom stereocenters.